The summed E-state index contributed by atoms with van der Waals surface area (Å²) in [5, 5.41) is 9.55. The predicted molar refractivity (Wildman–Crippen MR) is 294 cm³/mol. The Morgan fingerprint density at radius 1 is 0.319 bits per heavy atom. The van der Waals surface area contributed by atoms with Crippen molar-refractivity contribution in [1.29, 1.82) is 0 Å². The third-order valence-electron chi connectivity index (χ3n) is 7.77. The highest BCUT2D eigenvalue weighted by Crippen LogP contribution is 2.08. The normalized spacial score (nSPS) is 12.7. The molecule has 72 heavy (non-hydrogen) atoms. The van der Waals surface area contributed by atoms with Crippen LogP contribution in [-0.2, 0) is 66.4 Å². The standard InChI is InChI=1S/C15H33NO4.C14H29NO4.C14H31NO3.C12H26O3/c1-14(2)20-13-12-19-11-10-18-9-8-17-7-6-16-15(3,4)5;1-13(2,3)15-12(16)11-18-8-7-17-9-10-19-14(4,5)6;1-13(2,3)15-7-8-16-9-10-17-11-12-18-14(4,5)6;1-11(2,3)14-9-7-13-8-10-15-12(4,5)6/h14,16H,6-13H2,1-5H3;7-11H2,1-6H3,(H,15,16);15H,7-12H2,1-6H3;7-10H2,1-6H3. The molecule has 0 aliphatic heterocycles. The van der Waals surface area contributed by atoms with Gasteiger partial charge < -0.3 is 77.5 Å². The average Bonchev–Trinajstić information content (AvgIpc) is 3.18. The largest absolute Gasteiger partial charge is 0.378 e. The highest BCUT2D eigenvalue weighted by Gasteiger charge is 2.15. The molecule has 3 N–H and O–H groups in total. The van der Waals surface area contributed by atoms with Gasteiger partial charge in [-0.2, -0.15) is 0 Å². The highest BCUT2D eigenvalue weighted by atomic mass is 16.6. The summed E-state index contributed by atoms with van der Waals surface area (Å²) in [7, 11) is 0. The summed E-state index contributed by atoms with van der Waals surface area (Å²) in [5.74, 6) is -0.108. The topological polar surface area (TPSA) is 173 Å². The smallest absolute Gasteiger partial charge is 0.246 e. The molecule has 0 unspecified atom stereocenters. The van der Waals surface area contributed by atoms with Crippen molar-refractivity contribution in [3.05, 3.63) is 0 Å². The number of hydrogen-bond donors (Lipinski definition) is 3. The first-order valence-corrected chi connectivity index (χ1v) is 26.5. The van der Waals surface area contributed by atoms with Gasteiger partial charge in [-0.05, 0) is 159 Å². The van der Waals surface area contributed by atoms with E-state index >= 15 is 0 Å². The first kappa shape index (κ1) is 77.4. The fraction of sp³-hybridized carbons (Fsp3) is 0.982. The molecule has 0 bridgehead atoms. The molecule has 1 amide bonds. The van der Waals surface area contributed by atoms with Crippen molar-refractivity contribution < 1.29 is 66.4 Å². The van der Waals surface area contributed by atoms with Gasteiger partial charge in [0.25, 0.3) is 0 Å². The number of hydrogen-bond acceptors (Lipinski definition) is 16. The van der Waals surface area contributed by atoms with Gasteiger partial charge in [0.2, 0.25) is 5.91 Å². The zero-order valence-corrected chi connectivity index (χ0v) is 51.1. The Balaban J connectivity index is -0.000000430. The lowest BCUT2D eigenvalue weighted by Gasteiger charge is -2.20. The summed E-state index contributed by atoms with van der Waals surface area (Å²) in [6, 6.07) is 0. The lowest BCUT2D eigenvalue weighted by Crippen LogP contribution is -2.42. The molecule has 0 heterocycles. The van der Waals surface area contributed by atoms with Crippen molar-refractivity contribution in [3.8, 4) is 0 Å². The van der Waals surface area contributed by atoms with Gasteiger partial charge >= 0.3 is 0 Å². The molecular formula is C55H119N3O14. The summed E-state index contributed by atoms with van der Waals surface area (Å²) >= 11 is 0. The van der Waals surface area contributed by atoms with Gasteiger partial charge in [0, 0.05) is 29.7 Å². The molecule has 438 valence electrons. The van der Waals surface area contributed by atoms with Crippen molar-refractivity contribution in [3.63, 3.8) is 0 Å². The van der Waals surface area contributed by atoms with Gasteiger partial charge in [-0.25, -0.2) is 0 Å². The SMILES string of the molecule is CC(C)(C)NC(=O)COCCOCCOC(C)(C)C.CC(C)(C)NCCOCCOCCOC(C)(C)C.CC(C)(C)OCCOCCOC(C)(C)C.CC(C)OCCOCCOCCOCCNC(C)(C)C. The average molecular weight is 1050 g/mol. The molecule has 0 aromatic carbocycles. The fourth-order valence-corrected chi connectivity index (χ4v) is 4.77. The Labute approximate surface area is 443 Å². The number of carbonyl (C=O) groups is 1. The third-order valence-corrected chi connectivity index (χ3v) is 7.77. The van der Waals surface area contributed by atoms with Crippen molar-refractivity contribution in [2.24, 2.45) is 0 Å². The van der Waals surface area contributed by atoms with Crippen LogP contribution < -0.4 is 16.0 Å². The summed E-state index contributed by atoms with van der Waals surface area (Å²) in [4.78, 5) is 11.4. The molecule has 0 aromatic heterocycles. The summed E-state index contributed by atoms with van der Waals surface area (Å²) < 4.78 is 70.4. The van der Waals surface area contributed by atoms with Crippen LogP contribution in [0, 0.1) is 0 Å². The number of nitrogens with one attached hydrogen (secondary N) is 3. The predicted octanol–water partition coefficient (Wildman–Crippen LogP) is 8.45. The molecule has 0 aliphatic rings. The monoisotopic (exact) mass is 1050 g/mol. The van der Waals surface area contributed by atoms with E-state index in [1.807, 2.05) is 118 Å². The van der Waals surface area contributed by atoms with Crippen LogP contribution >= 0.6 is 0 Å². The van der Waals surface area contributed by atoms with Crippen LogP contribution in [-0.4, -0.2) is 203 Å². The van der Waals surface area contributed by atoms with Crippen molar-refractivity contribution in [1.82, 2.24) is 16.0 Å². The van der Waals surface area contributed by atoms with E-state index in [2.05, 4.69) is 57.5 Å². The number of rotatable bonds is 36. The van der Waals surface area contributed by atoms with Crippen molar-refractivity contribution in [2.75, 3.05) is 152 Å². The molecule has 17 nitrogen and oxygen atoms in total. The minimum atomic E-state index is -0.221. The first-order valence-electron chi connectivity index (χ1n) is 26.5. The zero-order chi connectivity index (χ0) is 56.2. The van der Waals surface area contributed by atoms with E-state index in [9.17, 15) is 4.79 Å². The Morgan fingerprint density at radius 3 is 0.792 bits per heavy atom. The van der Waals surface area contributed by atoms with Gasteiger partial charge in [0.15, 0.2) is 0 Å². The van der Waals surface area contributed by atoms with Gasteiger partial charge in [-0.15, -0.1) is 0 Å². The van der Waals surface area contributed by atoms with Crippen LogP contribution in [0.15, 0.2) is 0 Å². The van der Waals surface area contributed by atoms with E-state index in [0.717, 1.165) is 19.7 Å². The molecule has 0 spiro atoms. The van der Waals surface area contributed by atoms with Crippen LogP contribution in [0.4, 0.5) is 0 Å². The number of amides is 1. The summed E-state index contributed by atoms with van der Waals surface area (Å²) in [5.41, 5.74) is -0.290. The Kier molecular flexibility index (Phi) is 48.3. The molecule has 0 saturated heterocycles. The fourth-order valence-electron chi connectivity index (χ4n) is 4.77. The molecule has 17 heteroatoms. The first-order chi connectivity index (χ1) is 32.9. The third kappa shape index (κ3) is 88.5. The molecule has 0 radical (unpaired) electrons. The van der Waals surface area contributed by atoms with Gasteiger partial charge in [0.05, 0.1) is 161 Å². The van der Waals surface area contributed by atoms with Crippen LogP contribution in [0.1, 0.15) is 159 Å². The van der Waals surface area contributed by atoms with E-state index < -0.39 is 0 Å². The zero-order valence-electron chi connectivity index (χ0n) is 51.1. The van der Waals surface area contributed by atoms with Crippen LogP contribution in [0.2, 0.25) is 0 Å². The second kappa shape index (κ2) is 44.9. The second-order valence-corrected chi connectivity index (χ2v) is 24.3. The van der Waals surface area contributed by atoms with Crippen LogP contribution in [0.5, 0.6) is 0 Å². The number of carbonyl (C=O) groups excluding carboxylic acids is 1. The van der Waals surface area contributed by atoms with Gasteiger partial charge in [-0.1, -0.05) is 0 Å². The van der Waals surface area contributed by atoms with Crippen LogP contribution in [0.25, 0.3) is 0 Å². The maximum Gasteiger partial charge on any atom is 0.246 e. The lowest BCUT2D eigenvalue weighted by molar-refractivity contribution is -0.127. The van der Waals surface area contributed by atoms with E-state index in [4.69, 9.17) is 61.6 Å². The van der Waals surface area contributed by atoms with Crippen molar-refractivity contribution >= 4 is 5.91 Å². The maximum atomic E-state index is 11.4. The molecule has 0 aliphatic carbocycles. The summed E-state index contributed by atoms with van der Waals surface area (Å²) in [6.07, 6.45) is 0.264. The molecule has 0 saturated carbocycles. The minimum absolute atomic E-state index is 0.0686. The van der Waals surface area contributed by atoms with Gasteiger partial charge in [-0.3, -0.25) is 4.79 Å². The Hall–Kier alpha value is -1.13. The minimum Gasteiger partial charge on any atom is -0.378 e. The number of ether oxygens (including phenoxy) is 13. The highest BCUT2D eigenvalue weighted by molar-refractivity contribution is 5.77. The molecular weight excluding hydrogens is 927 g/mol. The van der Waals surface area contributed by atoms with Crippen LogP contribution in [0.3, 0.4) is 0 Å². The Bertz CT molecular complexity index is 1120. The Morgan fingerprint density at radius 2 is 0.556 bits per heavy atom. The van der Waals surface area contributed by atoms with E-state index in [-0.39, 0.29) is 57.6 Å². The second-order valence-electron chi connectivity index (χ2n) is 24.3. The van der Waals surface area contributed by atoms with E-state index in [1.165, 1.54) is 0 Å². The molecule has 0 fully saturated rings. The lowest BCUT2D eigenvalue weighted by atomic mass is 10.1. The van der Waals surface area contributed by atoms with Crippen molar-refractivity contribution in [2.45, 2.75) is 204 Å². The molecule has 0 aromatic rings. The summed E-state index contributed by atoms with van der Waals surface area (Å²) in [6.45, 7) is 61.0. The van der Waals surface area contributed by atoms with E-state index in [1.54, 1.807) is 0 Å². The van der Waals surface area contributed by atoms with E-state index in [0.29, 0.717) is 126 Å². The quantitative estimate of drug-likeness (QED) is 0.0510. The molecule has 0 atom stereocenters. The molecule has 0 rings (SSSR count). The maximum absolute atomic E-state index is 11.4. The van der Waals surface area contributed by atoms with Gasteiger partial charge in [0.1, 0.15) is 6.61 Å².